The van der Waals surface area contributed by atoms with Gasteiger partial charge in [-0.2, -0.15) is 0 Å². The smallest absolute Gasteiger partial charge is 0.307 e. The second-order valence-corrected chi connectivity index (χ2v) is 5.85. The van der Waals surface area contributed by atoms with Crippen LogP contribution in [0.2, 0.25) is 0 Å². The molecule has 1 aromatic carbocycles. The number of benzene rings is 1. The van der Waals surface area contributed by atoms with Crippen LogP contribution in [0.5, 0.6) is 0 Å². The van der Waals surface area contributed by atoms with Crippen molar-refractivity contribution >= 4 is 11.9 Å². The van der Waals surface area contributed by atoms with E-state index in [1.807, 2.05) is 7.05 Å². The molecule has 1 N–H and O–H groups in total. The predicted octanol–water partition coefficient (Wildman–Crippen LogP) is 2.34. The van der Waals surface area contributed by atoms with Gasteiger partial charge in [-0.15, -0.1) is 0 Å². The summed E-state index contributed by atoms with van der Waals surface area (Å²) in [6, 6.07) is 7.07. The van der Waals surface area contributed by atoms with Gasteiger partial charge < -0.3 is 14.7 Å². The number of carbonyl (C=O) groups is 2. The van der Waals surface area contributed by atoms with Gasteiger partial charge in [0.1, 0.15) is 0 Å². The second kappa shape index (κ2) is 7.40. The molecule has 2 rings (SSSR count). The third-order valence-corrected chi connectivity index (χ3v) is 4.40. The third-order valence-electron chi connectivity index (χ3n) is 4.40. The number of aliphatic carboxylic acids is 1. The van der Waals surface area contributed by atoms with Crippen LogP contribution in [0.4, 0.5) is 0 Å². The summed E-state index contributed by atoms with van der Waals surface area (Å²) in [6.07, 6.45) is 4.17. The number of hydrogen-bond donors (Lipinski definition) is 1. The molecule has 22 heavy (non-hydrogen) atoms. The molecule has 120 valence electrons. The van der Waals surface area contributed by atoms with Gasteiger partial charge in [0.15, 0.2) is 0 Å². The maximum absolute atomic E-state index is 12.5. The van der Waals surface area contributed by atoms with E-state index in [2.05, 4.69) is 0 Å². The first-order valence-corrected chi connectivity index (χ1v) is 7.62. The number of carbonyl (C=O) groups excluding carboxylic acids is 1. The van der Waals surface area contributed by atoms with Crippen LogP contribution >= 0.6 is 0 Å². The second-order valence-electron chi connectivity index (χ2n) is 5.85. The molecule has 0 unspecified atom stereocenters. The largest absolute Gasteiger partial charge is 0.481 e. The minimum Gasteiger partial charge on any atom is -0.481 e. The zero-order valence-corrected chi connectivity index (χ0v) is 13.1. The summed E-state index contributed by atoms with van der Waals surface area (Å²) in [5.74, 6) is -0.881. The molecule has 1 aliphatic rings. The van der Waals surface area contributed by atoms with Gasteiger partial charge in [-0.1, -0.05) is 12.1 Å². The molecule has 5 heteroatoms. The Bertz CT molecular complexity index is 518. The Kier molecular flexibility index (Phi) is 5.55. The number of ether oxygens (including phenoxy) is 1. The van der Waals surface area contributed by atoms with Gasteiger partial charge in [-0.25, -0.2) is 0 Å². The lowest BCUT2D eigenvalue weighted by Crippen LogP contribution is -2.40. The Morgan fingerprint density at radius 3 is 2.27 bits per heavy atom. The fourth-order valence-corrected chi connectivity index (χ4v) is 2.98. The highest BCUT2D eigenvalue weighted by molar-refractivity contribution is 5.94. The quantitative estimate of drug-likeness (QED) is 0.906. The van der Waals surface area contributed by atoms with Crippen LogP contribution in [0.15, 0.2) is 24.3 Å². The lowest BCUT2D eigenvalue weighted by atomic mass is 9.91. The first kappa shape index (κ1) is 16.5. The molecule has 5 nitrogen and oxygen atoms in total. The van der Waals surface area contributed by atoms with Crippen LogP contribution in [-0.4, -0.2) is 48.2 Å². The number of nitrogens with zero attached hydrogens (tertiary/aromatic N) is 1. The van der Waals surface area contributed by atoms with E-state index >= 15 is 0 Å². The van der Waals surface area contributed by atoms with Crippen molar-refractivity contribution in [2.75, 3.05) is 14.2 Å². The van der Waals surface area contributed by atoms with Crippen LogP contribution in [0, 0.1) is 0 Å². The van der Waals surface area contributed by atoms with Crippen molar-refractivity contribution < 1.29 is 19.4 Å². The molecule has 0 bridgehead atoms. The van der Waals surface area contributed by atoms with E-state index in [-0.39, 0.29) is 18.4 Å². The molecule has 1 fully saturated rings. The number of amides is 1. The zero-order valence-electron chi connectivity index (χ0n) is 13.1. The Balaban J connectivity index is 1.97. The van der Waals surface area contributed by atoms with E-state index in [1.165, 1.54) is 0 Å². The van der Waals surface area contributed by atoms with E-state index in [1.54, 1.807) is 36.3 Å². The third kappa shape index (κ3) is 4.07. The van der Waals surface area contributed by atoms with Crippen LogP contribution in [0.3, 0.4) is 0 Å². The summed E-state index contributed by atoms with van der Waals surface area (Å²) in [5, 5.41) is 8.76. The average molecular weight is 305 g/mol. The minimum atomic E-state index is -0.869. The summed E-state index contributed by atoms with van der Waals surface area (Å²) < 4.78 is 5.36. The summed E-state index contributed by atoms with van der Waals surface area (Å²) in [4.78, 5) is 25.0. The normalized spacial score (nSPS) is 21.4. The van der Waals surface area contributed by atoms with E-state index < -0.39 is 5.97 Å². The molecular formula is C17H23NO4. The van der Waals surface area contributed by atoms with E-state index in [4.69, 9.17) is 9.84 Å². The minimum absolute atomic E-state index is 0.0114. The van der Waals surface area contributed by atoms with Gasteiger partial charge >= 0.3 is 5.97 Å². The molecular weight excluding hydrogens is 282 g/mol. The van der Waals surface area contributed by atoms with Crippen molar-refractivity contribution in [1.29, 1.82) is 0 Å². The first-order valence-electron chi connectivity index (χ1n) is 7.62. The fraction of sp³-hybridized carbons (Fsp3) is 0.529. The number of carboxylic acids is 1. The summed E-state index contributed by atoms with van der Waals surface area (Å²) in [5.41, 5.74) is 1.30. The number of methoxy groups -OCH3 is 1. The van der Waals surface area contributed by atoms with Gasteiger partial charge in [0, 0.05) is 25.8 Å². The Morgan fingerprint density at radius 2 is 1.77 bits per heavy atom. The lowest BCUT2D eigenvalue weighted by Gasteiger charge is -2.34. The molecule has 1 aromatic rings. The lowest BCUT2D eigenvalue weighted by molar-refractivity contribution is -0.136. The van der Waals surface area contributed by atoms with Crippen molar-refractivity contribution in [2.24, 2.45) is 0 Å². The van der Waals surface area contributed by atoms with Crippen LogP contribution < -0.4 is 0 Å². The monoisotopic (exact) mass is 305 g/mol. The summed E-state index contributed by atoms with van der Waals surface area (Å²) in [7, 11) is 3.57. The summed E-state index contributed by atoms with van der Waals surface area (Å²) >= 11 is 0. The van der Waals surface area contributed by atoms with Crippen molar-refractivity contribution in [3.63, 3.8) is 0 Å². The average Bonchev–Trinajstić information content (AvgIpc) is 2.54. The molecule has 0 radical (unpaired) electrons. The highest BCUT2D eigenvalue weighted by Crippen LogP contribution is 2.25. The van der Waals surface area contributed by atoms with Crippen LogP contribution in [0.25, 0.3) is 0 Å². The predicted molar refractivity (Wildman–Crippen MR) is 82.9 cm³/mol. The van der Waals surface area contributed by atoms with Gasteiger partial charge in [-0.05, 0) is 43.4 Å². The maximum Gasteiger partial charge on any atom is 0.307 e. The van der Waals surface area contributed by atoms with Gasteiger partial charge in [-0.3, -0.25) is 9.59 Å². The molecule has 1 aliphatic carbocycles. The topological polar surface area (TPSA) is 66.8 Å². The highest BCUT2D eigenvalue weighted by atomic mass is 16.5. The molecule has 0 aliphatic heterocycles. The van der Waals surface area contributed by atoms with Crippen molar-refractivity contribution in [3.8, 4) is 0 Å². The fourth-order valence-electron chi connectivity index (χ4n) is 2.98. The van der Waals surface area contributed by atoms with Gasteiger partial charge in [0.25, 0.3) is 5.91 Å². The summed E-state index contributed by atoms with van der Waals surface area (Å²) in [6.45, 7) is 0. The van der Waals surface area contributed by atoms with Crippen molar-refractivity contribution in [3.05, 3.63) is 35.4 Å². The van der Waals surface area contributed by atoms with E-state index in [0.29, 0.717) is 17.2 Å². The SMILES string of the molecule is COC1CCC(N(C)C(=O)c2ccc(CC(=O)O)cc2)CC1. The number of carboxylic acid groups (broad SMARTS) is 1. The van der Waals surface area contributed by atoms with Crippen molar-refractivity contribution in [1.82, 2.24) is 4.90 Å². The van der Waals surface area contributed by atoms with Gasteiger partial charge in [0.05, 0.1) is 12.5 Å². The molecule has 0 spiro atoms. The molecule has 0 heterocycles. The van der Waals surface area contributed by atoms with E-state index in [0.717, 1.165) is 25.7 Å². The zero-order chi connectivity index (χ0) is 16.1. The highest BCUT2D eigenvalue weighted by Gasteiger charge is 2.26. The standard InChI is InChI=1S/C17H23NO4/c1-18(14-7-9-15(22-2)10-8-14)17(21)13-5-3-12(4-6-13)11-16(19)20/h3-6,14-15H,7-11H2,1-2H3,(H,19,20). The van der Waals surface area contributed by atoms with E-state index in [9.17, 15) is 9.59 Å². The molecule has 0 atom stereocenters. The Morgan fingerprint density at radius 1 is 1.18 bits per heavy atom. The van der Waals surface area contributed by atoms with Crippen LogP contribution in [0.1, 0.15) is 41.6 Å². The number of rotatable bonds is 5. The molecule has 1 amide bonds. The Labute approximate surface area is 130 Å². The van der Waals surface area contributed by atoms with Crippen molar-refractivity contribution in [2.45, 2.75) is 44.2 Å². The molecule has 1 saturated carbocycles. The van der Waals surface area contributed by atoms with Gasteiger partial charge in [0.2, 0.25) is 0 Å². The maximum atomic E-state index is 12.5. The van der Waals surface area contributed by atoms with Crippen LogP contribution in [-0.2, 0) is 16.0 Å². The Hall–Kier alpha value is -1.88. The molecule has 0 saturated heterocycles. The first-order chi connectivity index (χ1) is 10.5. The number of hydrogen-bond acceptors (Lipinski definition) is 3. The molecule has 0 aromatic heterocycles.